The van der Waals surface area contributed by atoms with Gasteiger partial charge < -0.3 is 0 Å². The number of nitrogens with one attached hydrogen (secondary N) is 1. The van der Waals surface area contributed by atoms with Gasteiger partial charge in [0.15, 0.2) is 0 Å². The van der Waals surface area contributed by atoms with E-state index < -0.39 is 11.7 Å². The standard InChI is InChI=1S/C13H11F3N4/c1-9(10-3-2-6-17-7-10)19-20-12-5-4-11(8-18-12)13(14,15)16/h2-8H,1H3,(H,18,20)/b19-9+. The van der Waals surface area contributed by atoms with E-state index in [4.69, 9.17) is 0 Å². The monoisotopic (exact) mass is 280 g/mol. The highest BCUT2D eigenvalue weighted by atomic mass is 19.4. The summed E-state index contributed by atoms with van der Waals surface area (Å²) in [6, 6.07) is 5.77. The van der Waals surface area contributed by atoms with E-state index in [1.165, 1.54) is 6.07 Å². The average molecular weight is 280 g/mol. The maximum atomic E-state index is 12.4. The molecule has 0 aromatic carbocycles. The molecule has 104 valence electrons. The molecule has 0 aliphatic rings. The van der Waals surface area contributed by atoms with Crippen LogP contribution in [-0.4, -0.2) is 15.7 Å². The van der Waals surface area contributed by atoms with E-state index in [0.29, 0.717) is 5.71 Å². The molecule has 0 aliphatic carbocycles. The molecular weight excluding hydrogens is 269 g/mol. The number of rotatable bonds is 3. The first-order chi connectivity index (χ1) is 9.47. The average Bonchev–Trinajstić information content (AvgIpc) is 2.45. The Hall–Kier alpha value is -2.44. The number of hydrogen-bond donors (Lipinski definition) is 1. The molecule has 2 heterocycles. The summed E-state index contributed by atoms with van der Waals surface area (Å²) in [4.78, 5) is 7.61. The van der Waals surface area contributed by atoms with Crippen LogP contribution in [-0.2, 0) is 6.18 Å². The lowest BCUT2D eigenvalue weighted by Gasteiger charge is -2.07. The largest absolute Gasteiger partial charge is 0.417 e. The molecule has 4 nitrogen and oxygen atoms in total. The minimum atomic E-state index is -4.39. The molecule has 0 bridgehead atoms. The molecule has 0 amide bonds. The third-order valence-electron chi connectivity index (χ3n) is 2.51. The maximum Gasteiger partial charge on any atom is 0.417 e. The molecule has 20 heavy (non-hydrogen) atoms. The Balaban J connectivity index is 2.08. The molecule has 0 aliphatic heterocycles. The van der Waals surface area contributed by atoms with Gasteiger partial charge in [0, 0.05) is 24.2 Å². The fourth-order valence-corrected chi connectivity index (χ4v) is 1.41. The number of halogens is 3. The van der Waals surface area contributed by atoms with E-state index in [2.05, 4.69) is 20.5 Å². The molecule has 2 aromatic heterocycles. The van der Waals surface area contributed by atoms with Gasteiger partial charge in [-0.25, -0.2) is 4.98 Å². The molecule has 0 saturated heterocycles. The van der Waals surface area contributed by atoms with Crippen molar-refractivity contribution in [1.29, 1.82) is 0 Å². The highest BCUT2D eigenvalue weighted by Gasteiger charge is 2.30. The molecule has 1 N–H and O–H groups in total. The zero-order valence-electron chi connectivity index (χ0n) is 10.5. The van der Waals surface area contributed by atoms with Crippen LogP contribution in [0.3, 0.4) is 0 Å². The summed E-state index contributed by atoms with van der Waals surface area (Å²) < 4.78 is 37.1. The first-order valence-corrected chi connectivity index (χ1v) is 5.71. The summed E-state index contributed by atoms with van der Waals surface area (Å²) in [6.07, 6.45) is -0.347. The number of pyridine rings is 2. The number of hydrazone groups is 1. The van der Waals surface area contributed by atoms with Crippen molar-refractivity contribution in [3.05, 3.63) is 54.0 Å². The zero-order chi connectivity index (χ0) is 14.6. The van der Waals surface area contributed by atoms with Crippen molar-refractivity contribution in [2.45, 2.75) is 13.1 Å². The van der Waals surface area contributed by atoms with E-state index in [1.807, 2.05) is 6.07 Å². The van der Waals surface area contributed by atoms with Crippen molar-refractivity contribution in [2.75, 3.05) is 5.43 Å². The number of nitrogens with zero attached hydrogens (tertiary/aromatic N) is 3. The maximum absolute atomic E-state index is 12.4. The van der Waals surface area contributed by atoms with Crippen molar-refractivity contribution in [2.24, 2.45) is 5.10 Å². The predicted molar refractivity (Wildman–Crippen MR) is 69.3 cm³/mol. The molecule has 7 heteroatoms. The topological polar surface area (TPSA) is 50.2 Å². The summed E-state index contributed by atoms with van der Waals surface area (Å²) >= 11 is 0. The van der Waals surface area contributed by atoms with Gasteiger partial charge >= 0.3 is 6.18 Å². The van der Waals surface area contributed by atoms with Crippen LogP contribution in [0, 0.1) is 0 Å². The number of alkyl halides is 3. The van der Waals surface area contributed by atoms with E-state index >= 15 is 0 Å². The Morgan fingerprint density at radius 1 is 1.20 bits per heavy atom. The molecule has 0 atom stereocenters. The second kappa shape index (κ2) is 5.68. The Kier molecular flexibility index (Phi) is 3.97. The molecule has 2 rings (SSSR count). The lowest BCUT2D eigenvalue weighted by molar-refractivity contribution is -0.137. The lowest BCUT2D eigenvalue weighted by Crippen LogP contribution is -2.06. The smallest absolute Gasteiger partial charge is 0.264 e. The Morgan fingerprint density at radius 2 is 2.00 bits per heavy atom. The van der Waals surface area contributed by atoms with E-state index in [9.17, 15) is 13.2 Å². The number of anilines is 1. The van der Waals surface area contributed by atoms with Crippen LogP contribution in [0.4, 0.5) is 19.0 Å². The van der Waals surface area contributed by atoms with Crippen LogP contribution in [0.2, 0.25) is 0 Å². The zero-order valence-corrected chi connectivity index (χ0v) is 10.5. The normalized spacial score (nSPS) is 12.3. The van der Waals surface area contributed by atoms with Crippen LogP contribution in [0.15, 0.2) is 48.0 Å². The molecular formula is C13H11F3N4. The summed E-state index contributed by atoms with van der Waals surface area (Å²) in [5, 5.41) is 4.04. The number of aromatic nitrogens is 2. The second-order valence-corrected chi connectivity index (χ2v) is 3.98. The summed E-state index contributed by atoms with van der Waals surface area (Å²) in [6.45, 7) is 1.76. The minimum Gasteiger partial charge on any atom is -0.264 e. The highest BCUT2D eigenvalue weighted by molar-refractivity contribution is 5.98. The summed E-state index contributed by atoms with van der Waals surface area (Å²) in [7, 11) is 0. The predicted octanol–water partition coefficient (Wildman–Crippen LogP) is 3.33. The van der Waals surface area contributed by atoms with Crippen LogP contribution >= 0.6 is 0 Å². The van der Waals surface area contributed by atoms with Gasteiger partial charge in [-0.1, -0.05) is 6.07 Å². The van der Waals surface area contributed by atoms with Crippen molar-refractivity contribution >= 4 is 11.5 Å². The van der Waals surface area contributed by atoms with Gasteiger partial charge in [-0.2, -0.15) is 18.3 Å². The minimum absolute atomic E-state index is 0.237. The van der Waals surface area contributed by atoms with E-state index in [1.54, 1.807) is 25.4 Å². The van der Waals surface area contributed by atoms with Gasteiger partial charge in [0.25, 0.3) is 0 Å². The van der Waals surface area contributed by atoms with Crippen molar-refractivity contribution in [3.63, 3.8) is 0 Å². The second-order valence-electron chi connectivity index (χ2n) is 3.98. The Labute approximate surface area is 113 Å². The van der Waals surface area contributed by atoms with Crippen molar-refractivity contribution in [3.8, 4) is 0 Å². The van der Waals surface area contributed by atoms with Gasteiger partial charge in [0.1, 0.15) is 5.82 Å². The van der Waals surface area contributed by atoms with Gasteiger partial charge in [-0.3, -0.25) is 10.4 Å². The molecule has 2 aromatic rings. The third kappa shape index (κ3) is 3.53. The summed E-state index contributed by atoms with van der Waals surface area (Å²) in [5.74, 6) is 0.237. The van der Waals surface area contributed by atoms with Crippen molar-refractivity contribution in [1.82, 2.24) is 9.97 Å². The van der Waals surface area contributed by atoms with Crippen LogP contribution in [0.25, 0.3) is 0 Å². The van der Waals surface area contributed by atoms with E-state index in [-0.39, 0.29) is 5.82 Å². The summed E-state index contributed by atoms with van der Waals surface area (Å²) in [5.41, 5.74) is 3.27. The fraction of sp³-hybridized carbons (Fsp3) is 0.154. The van der Waals surface area contributed by atoms with Gasteiger partial charge in [-0.05, 0) is 25.1 Å². The molecule has 0 fully saturated rings. The highest BCUT2D eigenvalue weighted by Crippen LogP contribution is 2.28. The van der Waals surface area contributed by atoms with Gasteiger partial charge in [0.05, 0.1) is 11.3 Å². The number of hydrogen-bond acceptors (Lipinski definition) is 4. The molecule has 0 radical (unpaired) electrons. The van der Waals surface area contributed by atoms with Crippen LogP contribution in [0.5, 0.6) is 0 Å². The first-order valence-electron chi connectivity index (χ1n) is 5.71. The van der Waals surface area contributed by atoms with Gasteiger partial charge in [-0.15, -0.1) is 0 Å². The van der Waals surface area contributed by atoms with Crippen LogP contribution < -0.4 is 5.43 Å². The quantitative estimate of drug-likeness (QED) is 0.693. The van der Waals surface area contributed by atoms with Crippen molar-refractivity contribution < 1.29 is 13.2 Å². The fourth-order valence-electron chi connectivity index (χ4n) is 1.41. The Bertz CT molecular complexity index is 591. The Morgan fingerprint density at radius 3 is 2.55 bits per heavy atom. The van der Waals surface area contributed by atoms with Crippen LogP contribution in [0.1, 0.15) is 18.1 Å². The molecule has 0 saturated carbocycles. The molecule has 0 spiro atoms. The lowest BCUT2D eigenvalue weighted by atomic mass is 10.2. The van der Waals surface area contributed by atoms with Gasteiger partial charge in [0.2, 0.25) is 0 Å². The van der Waals surface area contributed by atoms with E-state index in [0.717, 1.165) is 17.8 Å². The SMILES string of the molecule is C/C(=N\Nc1ccc(C(F)(F)F)cn1)c1cccnc1. The molecule has 0 unspecified atom stereocenters. The third-order valence-corrected chi connectivity index (χ3v) is 2.51. The first kappa shape index (κ1) is 14.0.